The van der Waals surface area contributed by atoms with Crippen LogP contribution in [-0.4, -0.2) is 46.4 Å². The molecule has 0 N–H and O–H groups in total. The molecule has 1 atom stereocenters. The van der Waals surface area contributed by atoms with Crippen molar-refractivity contribution in [3.05, 3.63) is 42.2 Å². The number of ether oxygens (including phenoxy) is 2. The van der Waals surface area contributed by atoms with Gasteiger partial charge < -0.3 is 14.4 Å². The molecule has 1 saturated heterocycles. The minimum Gasteiger partial charge on any atom is -0.486 e. The van der Waals surface area contributed by atoms with E-state index >= 15 is 0 Å². The second-order valence-electron chi connectivity index (χ2n) is 6.21. The summed E-state index contributed by atoms with van der Waals surface area (Å²) in [5, 5.41) is 4.28. The molecule has 6 nitrogen and oxygen atoms in total. The fraction of sp³-hybridized carbons (Fsp3) is 0.444. The van der Waals surface area contributed by atoms with Crippen LogP contribution in [0.4, 0.5) is 0 Å². The number of benzene rings is 1. The molecule has 3 heterocycles. The van der Waals surface area contributed by atoms with Gasteiger partial charge in [0, 0.05) is 18.9 Å². The highest BCUT2D eigenvalue weighted by Crippen LogP contribution is 2.35. The van der Waals surface area contributed by atoms with Crippen molar-refractivity contribution >= 4 is 5.91 Å². The van der Waals surface area contributed by atoms with Crippen molar-refractivity contribution in [3.8, 4) is 11.5 Å². The van der Waals surface area contributed by atoms with Crippen molar-refractivity contribution in [3.63, 3.8) is 0 Å². The van der Waals surface area contributed by atoms with Crippen LogP contribution in [0.2, 0.25) is 0 Å². The highest BCUT2D eigenvalue weighted by molar-refractivity contribution is 5.98. The summed E-state index contributed by atoms with van der Waals surface area (Å²) in [6.07, 6.45) is 6.89. The predicted octanol–water partition coefficient (Wildman–Crippen LogP) is 2.35. The van der Waals surface area contributed by atoms with Gasteiger partial charge in [0.25, 0.3) is 5.91 Å². The molecule has 1 fully saturated rings. The lowest BCUT2D eigenvalue weighted by molar-refractivity contribution is 0.0574. The van der Waals surface area contributed by atoms with Crippen LogP contribution < -0.4 is 9.47 Å². The summed E-state index contributed by atoms with van der Waals surface area (Å²) in [6.45, 7) is 2.50. The number of piperidine rings is 1. The van der Waals surface area contributed by atoms with E-state index < -0.39 is 0 Å². The van der Waals surface area contributed by atoms with Crippen molar-refractivity contribution in [2.75, 3.05) is 19.8 Å². The lowest BCUT2D eigenvalue weighted by Crippen LogP contribution is -2.46. The number of carbonyl (C=O) groups is 1. The monoisotopic (exact) mass is 327 g/mol. The molecule has 1 unspecified atom stereocenters. The molecule has 2 aromatic rings. The third kappa shape index (κ3) is 2.84. The van der Waals surface area contributed by atoms with Crippen LogP contribution >= 0.6 is 0 Å². The molecular formula is C18H21N3O3. The number of fused-ring (bicyclic) bond motifs is 1. The molecule has 2 aliphatic rings. The highest BCUT2D eigenvalue weighted by atomic mass is 16.6. The molecule has 1 amide bonds. The highest BCUT2D eigenvalue weighted by Gasteiger charge is 2.31. The van der Waals surface area contributed by atoms with Gasteiger partial charge >= 0.3 is 0 Å². The van der Waals surface area contributed by atoms with Crippen LogP contribution in [0.25, 0.3) is 0 Å². The fourth-order valence-corrected chi connectivity index (χ4v) is 3.48. The van der Waals surface area contributed by atoms with Crippen LogP contribution in [0.15, 0.2) is 36.7 Å². The van der Waals surface area contributed by atoms with Gasteiger partial charge in [-0.3, -0.25) is 9.48 Å². The van der Waals surface area contributed by atoms with Gasteiger partial charge in [-0.05, 0) is 37.5 Å². The molecule has 0 saturated carbocycles. The molecule has 0 spiro atoms. The maximum Gasteiger partial charge on any atom is 0.258 e. The molecule has 126 valence electrons. The lowest BCUT2D eigenvalue weighted by Gasteiger charge is -2.36. The molecule has 4 rings (SSSR count). The van der Waals surface area contributed by atoms with E-state index in [9.17, 15) is 4.79 Å². The topological polar surface area (TPSA) is 56.6 Å². The van der Waals surface area contributed by atoms with Crippen LogP contribution in [0.3, 0.4) is 0 Å². The average molecular weight is 327 g/mol. The van der Waals surface area contributed by atoms with E-state index in [4.69, 9.17) is 9.47 Å². The number of hydrogen-bond acceptors (Lipinski definition) is 4. The predicted molar refractivity (Wildman–Crippen MR) is 88.3 cm³/mol. The second-order valence-corrected chi connectivity index (χ2v) is 6.21. The lowest BCUT2D eigenvalue weighted by atomic mass is 10.00. The minimum absolute atomic E-state index is 0.0224. The van der Waals surface area contributed by atoms with Crippen molar-refractivity contribution in [2.45, 2.75) is 31.8 Å². The summed E-state index contributed by atoms with van der Waals surface area (Å²) >= 11 is 0. The first-order chi connectivity index (χ1) is 11.8. The Hall–Kier alpha value is -2.50. The quantitative estimate of drug-likeness (QED) is 0.868. The van der Waals surface area contributed by atoms with E-state index in [1.807, 2.05) is 40.0 Å². The van der Waals surface area contributed by atoms with Crippen LogP contribution in [0, 0.1) is 0 Å². The Morgan fingerprint density at radius 1 is 1.21 bits per heavy atom. The Bertz CT molecular complexity index is 714. The summed E-state index contributed by atoms with van der Waals surface area (Å²) < 4.78 is 13.2. The van der Waals surface area contributed by atoms with Gasteiger partial charge in [-0.15, -0.1) is 0 Å². The van der Waals surface area contributed by atoms with Crippen LogP contribution in [0.1, 0.15) is 29.6 Å². The van der Waals surface area contributed by atoms with Gasteiger partial charge in [-0.1, -0.05) is 6.07 Å². The van der Waals surface area contributed by atoms with E-state index in [-0.39, 0.29) is 11.9 Å². The van der Waals surface area contributed by atoms with E-state index in [2.05, 4.69) is 5.10 Å². The number of amides is 1. The minimum atomic E-state index is 0.0224. The van der Waals surface area contributed by atoms with E-state index in [1.54, 1.807) is 6.20 Å². The van der Waals surface area contributed by atoms with Crippen LogP contribution in [0.5, 0.6) is 11.5 Å². The third-order valence-corrected chi connectivity index (χ3v) is 4.64. The summed E-state index contributed by atoms with van der Waals surface area (Å²) in [7, 11) is 0. The number of nitrogens with zero attached hydrogens (tertiary/aromatic N) is 3. The van der Waals surface area contributed by atoms with Gasteiger partial charge in [0.1, 0.15) is 13.2 Å². The maximum absolute atomic E-state index is 13.2. The number of rotatable bonds is 3. The summed E-state index contributed by atoms with van der Waals surface area (Å²) in [5.74, 6) is 1.26. The normalized spacial score (nSPS) is 20.0. The van der Waals surface area contributed by atoms with Crippen molar-refractivity contribution in [1.29, 1.82) is 0 Å². The third-order valence-electron chi connectivity index (χ3n) is 4.64. The SMILES string of the molecule is O=C(c1cccc2c1OCCO2)N1CCCCC1Cn1cccn1. The first kappa shape index (κ1) is 15.1. The van der Waals surface area contributed by atoms with Gasteiger partial charge in [-0.2, -0.15) is 5.10 Å². The summed E-state index contributed by atoms with van der Waals surface area (Å²) in [6, 6.07) is 7.60. The zero-order chi connectivity index (χ0) is 16.4. The average Bonchev–Trinajstić information content (AvgIpc) is 3.14. The van der Waals surface area contributed by atoms with Gasteiger partial charge in [0.15, 0.2) is 11.5 Å². The van der Waals surface area contributed by atoms with Gasteiger partial charge in [0.2, 0.25) is 0 Å². The Morgan fingerprint density at radius 2 is 2.12 bits per heavy atom. The zero-order valence-electron chi connectivity index (χ0n) is 13.6. The zero-order valence-corrected chi connectivity index (χ0v) is 13.6. The summed E-state index contributed by atoms with van der Waals surface area (Å²) in [5.41, 5.74) is 0.597. The van der Waals surface area contributed by atoms with Crippen molar-refractivity contribution < 1.29 is 14.3 Å². The smallest absolute Gasteiger partial charge is 0.258 e. The van der Waals surface area contributed by atoms with Gasteiger partial charge in [0.05, 0.1) is 18.2 Å². The Labute approximate surface area is 141 Å². The molecule has 1 aromatic carbocycles. The molecule has 2 aliphatic heterocycles. The maximum atomic E-state index is 13.2. The molecular weight excluding hydrogens is 306 g/mol. The van der Waals surface area contributed by atoms with Crippen molar-refractivity contribution in [1.82, 2.24) is 14.7 Å². The Morgan fingerprint density at radius 3 is 3.00 bits per heavy atom. The Balaban J connectivity index is 1.60. The first-order valence-corrected chi connectivity index (χ1v) is 8.50. The molecule has 1 aromatic heterocycles. The number of carbonyl (C=O) groups excluding carboxylic acids is 1. The Kier molecular flexibility index (Phi) is 4.11. The molecule has 0 aliphatic carbocycles. The number of likely N-dealkylation sites (tertiary alicyclic amines) is 1. The molecule has 24 heavy (non-hydrogen) atoms. The summed E-state index contributed by atoms with van der Waals surface area (Å²) in [4.78, 5) is 15.1. The largest absolute Gasteiger partial charge is 0.486 e. The molecule has 6 heteroatoms. The first-order valence-electron chi connectivity index (χ1n) is 8.50. The second kappa shape index (κ2) is 6.55. The molecule has 0 radical (unpaired) electrons. The van der Waals surface area contributed by atoms with E-state index in [0.717, 1.165) is 32.4 Å². The van der Waals surface area contributed by atoms with Gasteiger partial charge in [-0.25, -0.2) is 0 Å². The number of para-hydroxylation sites is 1. The standard InChI is InChI=1S/C18H21N3O3/c22-18(15-6-3-7-16-17(15)24-12-11-23-16)21-10-2-1-5-14(21)13-20-9-4-8-19-20/h3-4,6-9,14H,1-2,5,10-13H2. The fourth-order valence-electron chi connectivity index (χ4n) is 3.48. The number of hydrogen-bond donors (Lipinski definition) is 0. The van der Waals surface area contributed by atoms with Crippen molar-refractivity contribution in [2.24, 2.45) is 0 Å². The number of aromatic nitrogens is 2. The van der Waals surface area contributed by atoms with Crippen LogP contribution in [-0.2, 0) is 6.54 Å². The van der Waals surface area contributed by atoms with E-state index in [0.29, 0.717) is 30.3 Å². The van der Waals surface area contributed by atoms with E-state index in [1.165, 1.54) is 0 Å². The molecule has 0 bridgehead atoms.